The van der Waals surface area contributed by atoms with Gasteiger partial charge in [-0.3, -0.25) is 4.90 Å². The third-order valence-electron chi connectivity index (χ3n) is 2.95. The molecule has 1 heterocycles. The zero-order valence-corrected chi connectivity index (χ0v) is 8.33. The summed E-state index contributed by atoms with van der Waals surface area (Å²) in [4.78, 5) is 2.20. The van der Waals surface area contributed by atoms with Crippen LogP contribution in [0.4, 0.5) is 4.39 Å². The highest BCUT2D eigenvalue weighted by molar-refractivity contribution is 5.35. The average molecular weight is 194 g/mol. The fourth-order valence-electron chi connectivity index (χ4n) is 2.17. The van der Waals surface area contributed by atoms with Crippen molar-refractivity contribution < 1.29 is 4.39 Å². The first-order valence-electron chi connectivity index (χ1n) is 4.99. The van der Waals surface area contributed by atoms with Gasteiger partial charge in [0.25, 0.3) is 0 Å². The zero-order chi connectivity index (χ0) is 10.1. The fourth-order valence-corrected chi connectivity index (χ4v) is 2.17. The molecule has 2 rings (SSSR count). The van der Waals surface area contributed by atoms with Crippen LogP contribution in [0.1, 0.15) is 24.1 Å². The van der Waals surface area contributed by atoms with Crippen LogP contribution in [0.25, 0.3) is 0 Å². The van der Waals surface area contributed by atoms with Crippen LogP contribution >= 0.6 is 0 Å². The van der Waals surface area contributed by atoms with Gasteiger partial charge >= 0.3 is 0 Å². The van der Waals surface area contributed by atoms with E-state index in [0.717, 1.165) is 17.7 Å². The van der Waals surface area contributed by atoms with Gasteiger partial charge in [0.05, 0.1) is 0 Å². The van der Waals surface area contributed by atoms with E-state index >= 15 is 0 Å². The molecule has 1 aliphatic heterocycles. The largest absolute Gasteiger partial charge is 0.329 e. The molecule has 0 radical (unpaired) electrons. The predicted octanol–water partition coefficient (Wildman–Crippen LogP) is 1.66. The summed E-state index contributed by atoms with van der Waals surface area (Å²) in [5, 5.41) is 0. The van der Waals surface area contributed by atoms with Crippen LogP contribution in [0, 0.1) is 5.82 Å². The van der Waals surface area contributed by atoms with E-state index < -0.39 is 0 Å². The second-order valence-corrected chi connectivity index (χ2v) is 3.62. The number of rotatable bonds is 2. The molecule has 0 bridgehead atoms. The van der Waals surface area contributed by atoms with Gasteiger partial charge in [0.1, 0.15) is 5.82 Å². The maximum atomic E-state index is 13.4. The third-order valence-corrected chi connectivity index (χ3v) is 2.95. The number of fused-ring (bicyclic) bond motifs is 1. The van der Waals surface area contributed by atoms with Gasteiger partial charge in [-0.05, 0) is 18.2 Å². The Balaban J connectivity index is 2.42. The Bertz CT molecular complexity index is 338. The van der Waals surface area contributed by atoms with Gasteiger partial charge in [-0.25, -0.2) is 4.39 Å². The highest BCUT2D eigenvalue weighted by Crippen LogP contribution is 2.33. The van der Waals surface area contributed by atoms with Crippen molar-refractivity contribution in [2.75, 3.05) is 13.1 Å². The minimum Gasteiger partial charge on any atom is -0.329 e. The topological polar surface area (TPSA) is 29.3 Å². The standard InChI is InChI=1S/C11H15FN2/c1-2-14-7-9-8(11(14)6-13)4-3-5-10(9)12/h3-5,11H,2,6-7,13H2,1H3. The number of nitrogens with two attached hydrogens (primary N) is 1. The summed E-state index contributed by atoms with van der Waals surface area (Å²) >= 11 is 0. The van der Waals surface area contributed by atoms with Crippen LogP contribution in [0.15, 0.2) is 18.2 Å². The molecule has 2 nitrogen and oxygen atoms in total. The Morgan fingerprint density at radius 3 is 3.00 bits per heavy atom. The summed E-state index contributed by atoms with van der Waals surface area (Å²) in [7, 11) is 0. The molecule has 1 aromatic carbocycles. The van der Waals surface area contributed by atoms with E-state index in [9.17, 15) is 4.39 Å². The number of hydrogen-bond donors (Lipinski definition) is 1. The lowest BCUT2D eigenvalue weighted by Gasteiger charge is -2.21. The van der Waals surface area contributed by atoms with E-state index in [4.69, 9.17) is 5.73 Å². The Morgan fingerprint density at radius 2 is 2.36 bits per heavy atom. The van der Waals surface area contributed by atoms with Crippen molar-refractivity contribution in [3.8, 4) is 0 Å². The molecule has 2 N–H and O–H groups in total. The highest BCUT2D eigenvalue weighted by Gasteiger charge is 2.29. The van der Waals surface area contributed by atoms with Crippen molar-refractivity contribution in [1.82, 2.24) is 4.90 Å². The lowest BCUT2D eigenvalue weighted by atomic mass is 10.0. The quantitative estimate of drug-likeness (QED) is 0.775. The SMILES string of the molecule is CCN1Cc2c(F)cccc2C1CN. The monoisotopic (exact) mass is 194 g/mol. The summed E-state index contributed by atoms with van der Waals surface area (Å²) in [6.07, 6.45) is 0. The van der Waals surface area contributed by atoms with Gasteiger partial charge in [0.2, 0.25) is 0 Å². The molecule has 1 unspecified atom stereocenters. The number of likely N-dealkylation sites (N-methyl/N-ethyl adjacent to an activating group) is 1. The first-order valence-corrected chi connectivity index (χ1v) is 4.99. The molecule has 0 aromatic heterocycles. The van der Waals surface area contributed by atoms with Crippen molar-refractivity contribution in [3.05, 3.63) is 35.1 Å². The second-order valence-electron chi connectivity index (χ2n) is 3.62. The number of halogens is 1. The van der Waals surface area contributed by atoms with Crippen LogP contribution < -0.4 is 5.73 Å². The molecule has 3 heteroatoms. The van der Waals surface area contributed by atoms with Crippen LogP contribution in [-0.2, 0) is 6.54 Å². The first kappa shape index (κ1) is 9.62. The number of hydrogen-bond acceptors (Lipinski definition) is 2. The van der Waals surface area contributed by atoms with E-state index in [1.807, 2.05) is 6.07 Å². The molecule has 0 aliphatic carbocycles. The van der Waals surface area contributed by atoms with E-state index in [-0.39, 0.29) is 11.9 Å². The molecular weight excluding hydrogens is 179 g/mol. The summed E-state index contributed by atoms with van der Waals surface area (Å²) in [6, 6.07) is 5.46. The Morgan fingerprint density at radius 1 is 1.57 bits per heavy atom. The fraction of sp³-hybridized carbons (Fsp3) is 0.455. The molecular formula is C11H15FN2. The molecule has 1 aliphatic rings. The van der Waals surface area contributed by atoms with Crippen LogP contribution in [0.3, 0.4) is 0 Å². The normalized spacial score (nSPS) is 21.2. The third kappa shape index (κ3) is 1.33. The van der Waals surface area contributed by atoms with Crippen molar-refractivity contribution in [3.63, 3.8) is 0 Å². The Kier molecular flexibility index (Phi) is 2.52. The minimum atomic E-state index is -0.100. The molecule has 0 fully saturated rings. The summed E-state index contributed by atoms with van der Waals surface area (Å²) in [5.74, 6) is -0.100. The first-order chi connectivity index (χ1) is 6.77. The second kappa shape index (κ2) is 3.67. The molecule has 14 heavy (non-hydrogen) atoms. The van der Waals surface area contributed by atoms with Crippen molar-refractivity contribution in [2.24, 2.45) is 5.73 Å². The molecule has 0 saturated heterocycles. The molecule has 0 amide bonds. The molecule has 0 saturated carbocycles. The van der Waals surface area contributed by atoms with Gasteiger partial charge in [-0.2, -0.15) is 0 Å². The number of benzene rings is 1. The maximum absolute atomic E-state index is 13.4. The highest BCUT2D eigenvalue weighted by atomic mass is 19.1. The van der Waals surface area contributed by atoms with Crippen LogP contribution in [0.2, 0.25) is 0 Å². The van der Waals surface area contributed by atoms with Gasteiger partial charge in [-0.1, -0.05) is 19.1 Å². The lowest BCUT2D eigenvalue weighted by Crippen LogP contribution is -2.27. The van der Waals surface area contributed by atoms with E-state index in [0.29, 0.717) is 13.1 Å². The zero-order valence-electron chi connectivity index (χ0n) is 8.33. The molecule has 0 spiro atoms. The Hall–Kier alpha value is -0.930. The van der Waals surface area contributed by atoms with Gasteiger partial charge < -0.3 is 5.73 Å². The summed E-state index contributed by atoms with van der Waals surface area (Å²) in [6.45, 7) is 4.24. The number of nitrogens with zero attached hydrogens (tertiary/aromatic N) is 1. The van der Waals surface area contributed by atoms with E-state index in [1.165, 1.54) is 6.07 Å². The smallest absolute Gasteiger partial charge is 0.128 e. The van der Waals surface area contributed by atoms with Crippen molar-refractivity contribution >= 4 is 0 Å². The van der Waals surface area contributed by atoms with E-state index in [1.54, 1.807) is 6.07 Å². The maximum Gasteiger partial charge on any atom is 0.128 e. The molecule has 1 aromatic rings. The minimum absolute atomic E-state index is 0.100. The average Bonchev–Trinajstić information content (AvgIpc) is 2.57. The van der Waals surface area contributed by atoms with E-state index in [2.05, 4.69) is 11.8 Å². The Labute approximate surface area is 83.5 Å². The predicted molar refractivity (Wildman–Crippen MR) is 54.3 cm³/mol. The molecule has 76 valence electrons. The van der Waals surface area contributed by atoms with Crippen molar-refractivity contribution in [1.29, 1.82) is 0 Å². The summed E-state index contributed by atoms with van der Waals surface area (Å²) < 4.78 is 13.4. The van der Waals surface area contributed by atoms with Crippen LogP contribution in [-0.4, -0.2) is 18.0 Å². The van der Waals surface area contributed by atoms with Crippen molar-refractivity contribution in [2.45, 2.75) is 19.5 Å². The lowest BCUT2D eigenvalue weighted by molar-refractivity contribution is 0.231. The van der Waals surface area contributed by atoms with Crippen LogP contribution in [0.5, 0.6) is 0 Å². The van der Waals surface area contributed by atoms with Gasteiger partial charge in [0.15, 0.2) is 0 Å². The summed E-state index contributed by atoms with van der Waals surface area (Å²) in [5.41, 5.74) is 7.59. The van der Waals surface area contributed by atoms with Gasteiger partial charge in [0, 0.05) is 24.7 Å². The van der Waals surface area contributed by atoms with Gasteiger partial charge in [-0.15, -0.1) is 0 Å². The molecule has 1 atom stereocenters.